The molecule has 3 nitrogen and oxygen atoms in total. The Hall–Kier alpha value is -1.40. The maximum atomic E-state index is 14.0. The lowest BCUT2D eigenvalue weighted by atomic mass is 9.94. The molecule has 6 heteroatoms. The minimum absolute atomic E-state index is 0.0457. The van der Waals surface area contributed by atoms with Crippen LogP contribution in [0.3, 0.4) is 0 Å². The van der Waals surface area contributed by atoms with Crippen LogP contribution in [0.5, 0.6) is 0 Å². The largest absolute Gasteiger partial charge is 0.376 e. The fraction of sp³-hybridized carbons (Fsp3) is 0.333. The van der Waals surface area contributed by atoms with Gasteiger partial charge >= 0.3 is 0 Å². The predicted molar refractivity (Wildman–Crippen MR) is 83.1 cm³/mol. The van der Waals surface area contributed by atoms with E-state index in [4.69, 9.17) is 0 Å². The Morgan fingerprint density at radius 1 is 1.33 bits per heavy atom. The van der Waals surface area contributed by atoms with Gasteiger partial charge in [-0.05, 0) is 54.5 Å². The number of fused-ring (bicyclic) bond motifs is 1. The van der Waals surface area contributed by atoms with Gasteiger partial charge in [-0.2, -0.15) is 0 Å². The number of thiophene rings is 1. The van der Waals surface area contributed by atoms with E-state index in [1.54, 1.807) is 11.3 Å². The molecule has 0 amide bonds. The molecule has 0 saturated heterocycles. The van der Waals surface area contributed by atoms with E-state index in [2.05, 4.69) is 11.4 Å². The molecule has 0 radical (unpaired) electrons. The third kappa shape index (κ3) is 2.96. The first kappa shape index (κ1) is 14.5. The summed E-state index contributed by atoms with van der Waals surface area (Å²) in [4.78, 5) is 1.46. The normalized spacial score (nSPS) is 18.3. The van der Waals surface area contributed by atoms with Gasteiger partial charge in [0.1, 0.15) is 5.82 Å². The van der Waals surface area contributed by atoms with Crippen LogP contribution >= 0.6 is 11.3 Å². The molecular weight excluding hydrogens is 309 g/mol. The van der Waals surface area contributed by atoms with Gasteiger partial charge in [-0.15, -0.1) is 11.3 Å². The van der Waals surface area contributed by atoms with Crippen LogP contribution in [0.25, 0.3) is 0 Å². The summed E-state index contributed by atoms with van der Waals surface area (Å²) in [5, 5.41) is 5.22. The van der Waals surface area contributed by atoms with Crippen molar-refractivity contribution >= 4 is 26.9 Å². The number of aryl methyl sites for hydroxylation is 1. The molecule has 1 aliphatic carbocycles. The number of halogens is 1. The van der Waals surface area contributed by atoms with Crippen molar-refractivity contribution in [3.8, 4) is 0 Å². The maximum absolute atomic E-state index is 14.0. The van der Waals surface area contributed by atoms with Crippen LogP contribution < -0.4 is 5.32 Å². The molecule has 1 atom stereocenters. The quantitative estimate of drug-likeness (QED) is 0.874. The van der Waals surface area contributed by atoms with Crippen molar-refractivity contribution in [2.24, 2.45) is 0 Å². The lowest BCUT2D eigenvalue weighted by Gasteiger charge is -2.25. The number of hydrogen-bond donors (Lipinski definition) is 1. The number of anilines is 1. The highest BCUT2D eigenvalue weighted by molar-refractivity contribution is 7.90. The van der Waals surface area contributed by atoms with Crippen LogP contribution in [0.1, 0.15) is 29.3 Å². The van der Waals surface area contributed by atoms with E-state index in [-0.39, 0.29) is 16.6 Å². The second-order valence-electron chi connectivity index (χ2n) is 5.30. The standard InChI is InChI=1S/C15H16FNO2S2/c1-21(18,19)10-5-6-12(16)14(9-10)17-13-3-2-4-15-11(13)7-8-20-15/h5-9,13,17H,2-4H2,1H3. The summed E-state index contributed by atoms with van der Waals surface area (Å²) in [6.45, 7) is 0. The van der Waals surface area contributed by atoms with Crippen molar-refractivity contribution < 1.29 is 12.8 Å². The van der Waals surface area contributed by atoms with E-state index in [1.165, 1.54) is 28.6 Å². The van der Waals surface area contributed by atoms with Crippen LogP contribution in [0.4, 0.5) is 10.1 Å². The summed E-state index contributed by atoms with van der Waals surface area (Å²) < 4.78 is 37.2. The fourth-order valence-electron chi connectivity index (χ4n) is 2.67. The second kappa shape index (κ2) is 5.42. The molecule has 0 saturated carbocycles. The zero-order valence-electron chi connectivity index (χ0n) is 11.6. The van der Waals surface area contributed by atoms with Crippen LogP contribution in [0.2, 0.25) is 0 Å². The minimum atomic E-state index is -3.34. The molecule has 1 aromatic heterocycles. The minimum Gasteiger partial charge on any atom is -0.376 e. The van der Waals surface area contributed by atoms with Gasteiger partial charge in [0.15, 0.2) is 9.84 Å². The van der Waals surface area contributed by atoms with Gasteiger partial charge < -0.3 is 5.32 Å². The van der Waals surface area contributed by atoms with E-state index >= 15 is 0 Å². The Morgan fingerprint density at radius 3 is 2.90 bits per heavy atom. The van der Waals surface area contributed by atoms with E-state index < -0.39 is 15.7 Å². The zero-order chi connectivity index (χ0) is 15.0. The van der Waals surface area contributed by atoms with Crippen molar-refractivity contribution in [2.45, 2.75) is 30.2 Å². The molecule has 0 fully saturated rings. The average molecular weight is 325 g/mol. The molecule has 1 N–H and O–H groups in total. The lowest BCUT2D eigenvalue weighted by Crippen LogP contribution is -2.16. The van der Waals surface area contributed by atoms with E-state index in [0.29, 0.717) is 0 Å². The Bertz CT molecular complexity index is 768. The van der Waals surface area contributed by atoms with Crippen LogP contribution in [0.15, 0.2) is 34.5 Å². The first-order chi connectivity index (χ1) is 9.95. The molecule has 0 bridgehead atoms. The summed E-state index contributed by atoms with van der Waals surface area (Å²) in [5.41, 5.74) is 1.46. The van der Waals surface area contributed by atoms with Crippen molar-refractivity contribution in [2.75, 3.05) is 11.6 Å². The molecule has 0 aliphatic heterocycles. The van der Waals surface area contributed by atoms with Crippen molar-refractivity contribution in [1.82, 2.24) is 0 Å². The van der Waals surface area contributed by atoms with E-state index in [0.717, 1.165) is 25.5 Å². The van der Waals surface area contributed by atoms with E-state index in [9.17, 15) is 12.8 Å². The monoisotopic (exact) mass is 325 g/mol. The third-order valence-corrected chi connectivity index (χ3v) is 5.85. The number of nitrogens with one attached hydrogen (secondary N) is 1. The van der Waals surface area contributed by atoms with Crippen molar-refractivity contribution in [3.05, 3.63) is 45.9 Å². The fourth-order valence-corrected chi connectivity index (χ4v) is 4.30. The summed E-state index contributed by atoms with van der Waals surface area (Å²) in [7, 11) is -3.34. The number of rotatable bonds is 3. The molecule has 21 heavy (non-hydrogen) atoms. The van der Waals surface area contributed by atoms with Gasteiger partial charge in [-0.25, -0.2) is 12.8 Å². The van der Waals surface area contributed by atoms with Gasteiger partial charge in [-0.1, -0.05) is 0 Å². The second-order valence-corrected chi connectivity index (χ2v) is 8.32. The number of benzene rings is 1. The highest BCUT2D eigenvalue weighted by Gasteiger charge is 2.22. The van der Waals surface area contributed by atoms with Gasteiger partial charge in [0, 0.05) is 11.1 Å². The van der Waals surface area contributed by atoms with Crippen LogP contribution in [-0.4, -0.2) is 14.7 Å². The molecular formula is C15H16FNO2S2. The van der Waals surface area contributed by atoms with E-state index in [1.807, 2.05) is 5.38 Å². The Balaban J connectivity index is 1.93. The Kier molecular flexibility index (Phi) is 3.75. The topological polar surface area (TPSA) is 46.2 Å². The highest BCUT2D eigenvalue weighted by Crippen LogP contribution is 2.36. The third-order valence-electron chi connectivity index (χ3n) is 3.75. The molecule has 1 unspecified atom stereocenters. The number of hydrogen-bond acceptors (Lipinski definition) is 4. The van der Waals surface area contributed by atoms with Gasteiger partial charge in [0.05, 0.1) is 16.6 Å². The summed E-state index contributed by atoms with van der Waals surface area (Å²) in [5.74, 6) is -0.426. The number of sulfone groups is 1. The van der Waals surface area contributed by atoms with Gasteiger partial charge in [0.25, 0.3) is 0 Å². The predicted octanol–water partition coefficient (Wildman–Crippen LogP) is 3.78. The van der Waals surface area contributed by atoms with Gasteiger partial charge in [0.2, 0.25) is 0 Å². The summed E-state index contributed by atoms with van der Waals surface area (Å²) in [6.07, 6.45) is 4.17. The molecule has 0 spiro atoms. The average Bonchev–Trinajstić information content (AvgIpc) is 2.89. The maximum Gasteiger partial charge on any atom is 0.175 e. The first-order valence-electron chi connectivity index (χ1n) is 6.77. The molecule has 2 aromatic rings. The van der Waals surface area contributed by atoms with Gasteiger partial charge in [-0.3, -0.25) is 0 Å². The SMILES string of the molecule is CS(=O)(=O)c1ccc(F)c(NC2CCCc3sccc32)c1. The lowest BCUT2D eigenvalue weighted by molar-refractivity contribution is 0.589. The highest BCUT2D eigenvalue weighted by atomic mass is 32.2. The molecule has 1 aliphatic rings. The first-order valence-corrected chi connectivity index (χ1v) is 9.54. The molecule has 1 aromatic carbocycles. The Labute approximate surface area is 127 Å². The van der Waals surface area contributed by atoms with Crippen molar-refractivity contribution in [1.29, 1.82) is 0 Å². The van der Waals surface area contributed by atoms with Crippen molar-refractivity contribution in [3.63, 3.8) is 0 Å². The molecule has 3 rings (SSSR count). The molecule has 112 valence electrons. The molecule has 1 heterocycles. The van der Waals surface area contributed by atoms with Crippen LogP contribution in [-0.2, 0) is 16.3 Å². The summed E-state index contributed by atoms with van der Waals surface area (Å²) in [6, 6.07) is 5.99. The Morgan fingerprint density at radius 2 is 2.14 bits per heavy atom. The van der Waals surface area contributed by atoms with Crippen LogP contribution in [0, 0.1) is 5.82 Å². The summed E-state index contributed by atoms with van der Waals surface area (Å²) >= 11 is 1.72. The zero-order valence-corrected chi connectivity index (χ0v) is 13.2. The smallest absolute Gasteiger partial charge is 0.175 e.